The number of carboxylic acid groups (broad SMARTS) is 1. The van der Waals surface area contributed by atoms with E-state index in [1.165, 1.54) is 0 Å². The van der Waals surface area contributed by atoms with Crippen LogP contribution < -0.4 is 10.1 Å². The van der Waals surface area contributed by atoms with Crippen molar-refractivity contribution in [1.82, 2.24) is 0 Å². The van der Waals surface area contributed by atoms with Gasteiger partial charge in [-0.05, 0) is 31.5 Å². The quantitative estimate of drug-likeness (QED) is 0.802. The summed E-state index contributed by atoms with van der Waals surface area (Å²) in [7, 11) is 0. The molecule has 0 radical (unpaired) electrons. The Labute approximate surface area is 94.2 Å². The highest BCUT2D eigenvalue weighted by atomic mass is 16.5. The largest absolute Gasteiger partial charge is 0.486 e. The number of nitrogens with one attached hydrogen (secondary N) is 1. The number of hydrogen-bond donors (Lipinski definition) is 2. The first-order chi connectivity index (χ1) is 7.56. The van der Waals surface area contributed by atoms with E-state index in [0.717, 1.165) is 17.0 Å². The first-order valence-corrected chi connectivity index (χ1v) is 5.32. The molecule has 4 heteroatoms. The van der Waals surface area contributed by atoms with Crippen LogP contribution in [-0.4, -0.2) is 23.2 Å². The number of carboxylic acids is 1. The number of rotatable bonds is 2. The lowest BCUT2D eigenvalue weighted by molar-refractivity contribution is -0.139. The molecule has 0 amide bonds. The van der Waals surface area contributed by atoms with Crippen LogP contribution in [0.1, 0.15) is 18.9 Å². The fourth-order valence-corrected chi connectivity index (χ4v) is 1.84. The summed E-state index contributed by atoms with van der Waals surface area (Å²) in [5.74, 6) is -0.0981. The number of anilines is 1. The van der Waals surface area contributed by atoms with E-state index in [0.29, 0.717) is 0 Å². The lowest BCUT2D eigenvalue weighted by atomic mass is 10.1. The van der Waals surface area contributed by atoms with Crippen molar-refractivity contribution in [1.29, 1.82) is 0 Å². The minimum atomic E-state index is -0.838. The van der Waals surface area contributed by atoms with Gasteiger partial charge in [0.05, 0.1) is 18.2 Å². The zero-order valence-electron chi connectivity index (χ0n) is 9.36. The first kappa shape index (κ1) is 10.8. The Balaban J connectivity index is 2.22. The Kier molecular flexibility index (Phi) is 2.73. The summed E-state index contributed by atoms with van der Waals surface area (Å²) in [6.07, 6.45) is -0.298. The van der Waals surface area contributed by atoms with Crippen LogP contribution in [0.4, 0.5) is 5.69 Å². The van der Waals surface area contributed by atoms with Crippen LogP contribution in [0.5, 0.6) is 5.75 Å². The predicted molar refractivity (Wildman–Crippen MR) is 60.9 cm³/mol. The van der Waals surface area contributed by atoms with Crippen molar-refractivity contribution in [2.45, 2.75) is 32.4 Å². The second-order valence-electron chi connectivity index (χ2n) is 4.19. The highest BCUT2D eigenvalue weighted by molar-refractivity contribution is 5.68. The standard InChI is InChI=1S/C12H15NO3/c1-7-3-4-9-11(5-7)16-10(6-12(14)15)8(2)13-9/h3-5,8,10,13H,6H2,1-2H3,(H,14,15). The Morgan fingerprint density at radius 1 is 1.56 bits per heavy atom. The number of aliphatic carboxylic acids is 1. The monoisotopic (exact) mass is 221 g/mol. The number of fused-ring (bicyclic) bond motifs is 1. The third kappa shape index (κ3) is 2.10. The molecule has 2 atom stereocenters. The summed E-state index contributed by atoms with van der Waals surface area (Å²) in [4.78, 5) is 10.7. The average molecular weight is 221 g/mol. The molecule has 0 spiro atoms. The minimum absolute atomic E-state index is 0.00584. The number of aryl methyl sites for hydroxylation is 1. The lowest BCUT2D eigenvalue weighted by Crippen LogP contribution is -2.40. The van der Waals surface area contributed by atoms with E-state index in [2.05, 4.69) is 5.32 Å². The maximum atomic E-state index is 10.7. The van der Waals surface area contributed by atoms with Crippen molar-refractivity contribution >= 4 is 11.7 Å². The van der Waals surface area contributed by atoms with Crippen molar-refractivity contribution in [2.24, 2.45) is 0 Å². The highest BCUT2D eigenvalue weighted by Gasteiger charge is 2.27. The second kappa shape index (κ2) is 4.04. The maximum absolute atomic E-state index is 10.7. The molecular formula is C12H15NO3. The van der Waals surface area contributed by atoms with Crippen LogP contribution in [0.3, 0.4) is 0 Å². The van der Waals surface area contributed by atoms with Gasteiger partial charge in [0.15, 0.2) is 0 Å². The molecule has 2 N–H and O–H groups in total. The van der Waals surface area contributed by atoms with E-state index in [4.69, 9.17) is 9.84 Å². The SMILES string of the molecule is Cc1ccc2c(c1)OC(CC(=O)O)C(C)N2. The van der Waals surface area contributed by atoms with Gasteiger partial charge in [-0.3, -0.25) is 4.79 Å². The maximum Gasteiger partial charge on any atom is 0.307 e. The second-order valence-corrected chi connectivity index (χ2v) is 4.19. The molecule has 1 heterocycles. The summed E-state index contributed by atoms with van der Waals surface area (Å²) < 4.78 is 5.69. The fraction of sp³-hybridized carbons (Fsp3) is 0.417. The third-order valence-corrected chi connectivity index (χ3v) is 2.73. The van der Waals surface area contributed by atoms with Gasteiger partial charge < -0.3 is 15.2 Å². The molecule has 4 nitrogen and oxygen atoms in total. The zero-order valence-corrected chi connectivity index (χ0v) is 9.36. The normalized spacial score (nSPS) is 22.9. The summed E-state index contributed by atoms with van der Waals surface area (Å²) in [6.45, 7) is 3.91. The van der Waals surface area contributed by atoms with Crippen LogP contribution in [0.15, 0.2) is 18.2 Å². The Hall–Kier alpha value is -1.71. The van der Waals surface area contributed by atoms with Gasteiger partial charge in [-0.15, -0.1) is 0 Å². The van der Waals surface area contributed by atoms with Gasteiger partial charge in [0.1, 0.15) is 11.9 Å². The molecule has 0 aromatic heterocycles. The number of ether oxygens (including phenoxy) is 1. The van der Waals surface area contributed by atoms with Crippen LogP contribution in [0, 0.1) is 6.92 Å². The molecule has 0 saturated carbocycles. The van der Waals surface area contributed by atoms with Gasteiger partial charge in [0.25, 0.3) is 0 Å². The highest BCUT2D eigenvalue weighted by Crippen LogP contribution is 2.32. The van der Waals surface area contributed by atoms with Crippen molar-refractivity contribution in [2.75, 3.05) is 5.32 Å². The van der Waals surface area contributed by atoms with Crippen LogP contribution in [0.25, 0.3) is 0 Å². The molecule has 0 aliphatic carbocycles. The van der Waals surface area contributed by atoms with Crippen LogP contribution in [-0.2, 0) is 4.79 Å². The summed E-state index contributed by atoms with van der Waals surface area (Å²) in [5, 5.41) is 12.0. The van der Waals surface area contributed by atoms with Crippen LogP contribution in [0.2, 0.25) is 0 Å². The van der Waals surface area contributed by atoms with E-state index < -0.39 is 5.97 Å². The topological polar surface area (TPSA) is 58.6 Å². The molecular weight excluding hydrogens is 206 g/mol. The number of carbonyl (C=O) groups is 1. The van der Waals surface area contributed by atoms with Crippen molar-refractivity contribution < 1.29 is 14.6 Å². The van der Waals surface area contributed by atoms with Gasteiger partial charge in [0, 0.05) is 0 Å². The van der Waals surface area contributed by atoms with E-state index >= 15 is 0 Å². The van der Waals surface area contributed by atoms with Gasteiger partial charge in [-0.1, -0.05) is 6.07 Å². The van der Waals surface area contributed by atoms with Gasteiger partial charge in [-0.2, -0.15) is 0 Å². The minimum Gasteiger partial charge on any atom is -0.486 e. The lowest BCUT2D eigenvalue weighted by Gasteiger charge is -2.32. The molecule has 1 aromatic carbocycles. The van der Waals surface area contributed by atoms with E-state index in [-0.39, 0.29) is 18.6 Å². The average Bonchev–Trinajstić information content (AvgIpc) is 2.19. The van der Waals surface area contributed by atoms with E-state index in [1.807, 2.05) is 32.0 Å². The Bertz CT molecular complexity index is 417. The van der Waals surface area contributed by atoms with Crippen molar-refractivity contribution in [3.63, 3.8) is 0 Å². The number of hydrogen-bond acceptors (Lipinski definition) is 3. The molecule has 0 saturated heterocycles. The predicted octanol–water partition coefficient (Wildman–Crippen LogP) is 2.03. The fourth-order valence-electron chi connectivity index (χ4n) is 1.84. The van der Waals surface area contributed by atoms with Gasteiger partial charge in [-0.25, -0.2) is 0 Å². The van der Waals surface area contributed by atoms with E-state index in [1.54, 1.807) is 0 Å². The summed E-state index contributed by atoms with van der Waals surface area (Å²) in [6, 6.07) is 5.88. The molecule has 2 rings (SSSR count). The summed E-state index contributed by atoms with van der Waals surface area (Å²) in [5.41, 5.74) is 2.03. The zero-order chi connectivity index (χ0) is 11.7. The molecule has 1 aliphatic heterocycles. The van der Waals surface area contributed by atoms with Gasteiger partial charge in [0.2, 0.25) is 0 Å². The first-order valence-electron chi connectivity index (χ1n) is 5.32. The molecule has 1 aliphatic rings. The Morgan fingerprint density at radius 2 is 2.31 bits per heavy atom. The molecule has 86 valence electrons. The molecule has 0 bridgehead atoms. The Morgan fingerprint density at radius 3 is 3.00 bits per heavy atom. The smallest absolute Gasteiger partial charge is 0.307 e. The summed E-state index contributed by atoms with van der Waals surface area (Å²) >= 11 is 0. The van der Waals surface area contributed by atoms with Crippen LogP contribution >= 0.6 is 0 Å². The van der Waals surface area contributed by atoms with Crippen molar-refractivity contribution in [3.05, 3.63) is 23.8 Å². The van der Waals surface area contributed by atoms with Crippen molar-refractivity contribution in [3.8, 4) is 5.75 Å². The van der Waals surface area contributed by atoms with Gasteiger partial charge >= 0.3 is 5.97 Å². The molecule has 0 fully saturated rings. The molecule has 2 unspecified atom stereocenters. The third-order valence-electron chi connectivity index (χ3n) is 2.73. The van der Waals surface area contributed by atoms with E-state index in [9.17, 15) is 4.79 Å². The molecule has 1 aromatic rings. The number of benzene rings is 1. The molecule has 16 heavy (non-hydrogen) atoms.